The van der Waals surface area contributed by atoms with E-state index in [9.17, 15) is 19.8 Å². The Bertz CT molecular complexity index is 1070. The van der Waals surface area contributed by atoms with Gasteiger partial charge in [-0.15, -0.1) is 6.58 Å². The van der Waals surface area contributed by atoms with Crippen LogP contribution in [0.1, 0.15) is 37.4 Å². The van der Waals surface area contributed by atoms with E-state index in [1.165, 1.54) is 6.42 Å². The summed E-state index contributed by atoms with van der Waals surface area (Å²) in [7, 11) is 0. The van der Waals surface area contributed by atoms with Gasteiger partial charge in [-0.2, -0.15) is 0 Å². The second kappa shape index (κ2) is 8.88. The van der Waals surface area contributed by atoms with E-state index in [4.69, 9.17) is 4.74 Å². The number of aromatic nitrogens is 1. The smallest absolute Gasteiger partial charge is 0.310 e. The number of aromatic amines is 1. The molecule has 2 aromatic rings. The minimum Gasteiger partial charge on any atom is -0.550 e. The molecule has 5 aliphatic rings. The van der Waals surface area contributed by atoms with Crippen molar-refractivity contribution in [2.75, 3.05) is 13.1 Å². The van der Waals surface area contributed by atoms with Crippen molar-refractivity contribution in [3.05, 3.63) is 54.7 Å². The van der Waals surface area contributed by atoms with Crippen molar-refractivity contribution in [2.24, 2.45) is 23.7 Å². The first-order valence-corrected chi connectivity index (χ1v) is 11.8. The standard InChI is InChI=1S/C19H22N2O.C7H8O4/c1-2-13-12-21-10-8-14(13)11-18(21)19(22)16-7-9-20-17-6-4-3-5-15(16)17;8-6(9)4-1-3-2-5(4)7(10)11-3/h2-7,9,13-14,18-19,22H,1,8,10-12H2;3-5H,1-2H2,(H,8,9)/t13-,14-,18+,19+;3-,4-,5-/m01/s1. The number of carbonyl (C=O) groups excluding carboxylic acids is 2. The zero-order chi connectivity index (χ0) is 23.1. The molecule has 5 heterocycles. The maximum Gasteiger partial charge on any atom is 0.310 e. The van der Waals surface area contributed by atoms with E-state index in [-0.39, 0.29) is 18.1 Å². The van der Waals surface area contributed by atoms with Crippen LogP contribution in [-0.2, 0) is 14.3 Å². The van der Waals surface area contributed by atoms with Crippen LogP contribution in [0.2, 0.25) is 0 Å². The number of H-pyrrole nitrogens is 1. The molecule has 1 aromatic heterocycles. The summed E-state index contributed by atoms with van der Waals surface area (Å²) in [5.41, 5.74) is 2.13. The maximum atomic E-state index is 11.0. The lowest BCUT2D eigenvalue weighted by Crippen LogP contribution is -2.54. The Morgan fingerprint density at radius 1 is 1.27 bits per heavy atom. The predicted octanol–water partition coefficient (Wildman–Crippen LogP) is 1.27. The molecule has 4 saturated heterocycles. The number of nitrogens with zero attached hydrogens (tertiary/aromatic N) is 1. The number of benzene rings is 1. The Kier molecular flexibility index (Phi) is 5.93. The van der Waals surface area contributed by atoms with Crippen LogP contribution in [0, 0.1) is 23.7 Å². The number of fused-ring (bicyclic) bond motifs is 6. The van der Waals surface area contributed by atoms with E-state index in [2.05, 4.69) is 34.7 Å². The fourth-order valence-corrected chi connectivity index (χ4v) is 6.20. The van der Waals surface area contributed by atoms with Crippen LogP contribution in [-0.4, -0.2) is 47.2 Å². The highest BCUT2D eigenvalue weighted by molar-refractivity contribution is 5.83. The van der Waals surface area contributed by atoms with Crippen molar-refractivity contribution >= 4 is 22.8 Å². The summed E-state index contributed by atoms with van der Waals surface area (Å²) in [6.45, 7) is 6.13. The van der Waals surface area contributed by atoms with Crippen LogP contribution in [0.5, 0.6) is 0 Å². The summed E-state index contributed by atoms with van der Waals surface area (Å²) in [5.74, 6) is -1.22. The number of hydrogen-bond acceptors (Lipinski definition) is 6. The molecule has 5 fully saturated rings. The number of aliphatic hydroxyl groups is 1. The number of esters is 1. The number of para-hydroxylation sites is 1. The molecular weight excluding hydrogens is 420 g/mol. The first-order valence-electron chi connectivity index (χ1n) is 11.8. The predicted molar refractivity (Wildman–Crippen MR) is 118 cm³/mol. The highest BCUT2D eigenvalue weighted by Gasteiger charge is 2.48. The topological polar surface area (TPSA) is 104 Å². The third-order valence-corrected chi connectivity index (χ3v) is 7.98. The van der Waals surface area contributed by atoms with E-state index >= 15 is 0 Å². The third-order valence-electron chi connectivity index (χ3n) is 7.98. The molecule has 7 heteroatoms. The molecule has 4 aliphatic heterocycles. The number of ether oxygens (including phenoxy) is 1. The van der Waals surface area contributed by atoms with Gasteiger partial charge in [-0.3, -0.25) is 9.69 Å². The summed E-state index contributed by atoms with van der Waals surface area (Å²) < 4.78 is 4.81. The summed E-state index contributed by atoms with van der Waals surface area (Å²) in [4.78, 5) is 27.0. The monoisotopic (exact) mass is 450 g/mol. The quantitative estimate of drug-likeness (QED) is 0.556. The number of carbonyl (C=O) groups is 2. The Labute approximate surface area is 193 Å². The summed E-state index contributed by atoms with van der Waals surface area (Å²) in [6, 6.07) is 10.5. The summed E-state index contributed by atoms with van der Waals surface area (Å²) in [6.07, 6.45) is 6.78. The molecule has 1 saturated carbocycles. The fraction of sp³-hybridized carbons (Fsp3) is 0.500. The van der Waals surface area contributed by atoms with Gasteiger partial charge in [0.2, 0.25) is 5.52 Å². The van der Waals surface area contributed by atoms with Crippen molar-refractivity contribution in [1.82, 2.24) is 4.90 Å². The van der Waals surface area contributed by atoms with Crippen LogP contribution in [0.4, 0.5) is 0 Å². The van der Waals surface area contributed by atoms with Gasteiger partial charge in [-0.25, -0.2) is 4.98 Å². The minimum absolute atomic E-state index is 0.157. The van der Waals surface area contributed by atoms with Gasteiger partial charge in [0, 0.05) is 42.2 Å². The molecule has 4 bridgehead atoms. The number of carboxylic acids is 1. The van der Waals surface area contributed by atoms with Gasteiger partial charge < -0.3 is 19.7 Å². The van der Waals surface area contributed by atoms with Gasteiger partial charge in [0.1, 0.15) is 6.10 Å². The number of aliphatic carboxylic acids is 1. The molecule has 7 rings (SSSR count). The summed E-state index contributed by atoms with van der Waals surface area (Å²) >= 11 is 0. The molecule has 1 aliphatic carbocycles. The van der Waals surface area contributed by atoms with Crippen molar-refractivity contribution in [2.45, 2.75) is 43.9 Å². The maximum absolute atomic E-state index is 11.0. The molecule has 0 spiro atoms. The Morgan fingerprint density at radius 2 is 2.09 bits per heavy atom. The SMILES string of the molecule is C=C[C@H]1CN2CC[C@H]1C[C@@H]2[C@H](O)c1cc[nH+]c2ccccc12.O=C([O-])[C@@H]1C[C@@H]2C[C@H]1C(=O)O2. The number of carboxylic acid groups (broad SMARTS) is 1. The van der Waals surface area contributed by atoms with Crippen molar-refractivity contribution < 1.29 is 29.5 Å². The van der Waals surface area contributed by atoms with Gasteiger partial charge in [-0.05, 0) is 50.1 Å². The molecule has 1 aromatic carbocycles. The second-order valence-corrected chi connectivity index (χ2v) is 9.73. The highest BCUT2D eigenvalue weighted by atomic mass is 16.6. The van der Waals surface area contributed by atoms with Crippen LogP contribution in [0.15, 0.2) is 49.2 Å². The molecule has 0 radical (unpaired) electrons. The van der Waals surface area contributed by atoms with Gasteiger partial charge in [0.15, 0.2) is 6.20 Å². The zero-order valence-electron chi connectivity index (χ0n) is 18.6. The Morgan fingerprint density at radius 3 is 2.73 bits per heavy atom. The number of hydrogen-bond donors (Lipinski definition) is 1. The largest absolute Gasteiger partial charge is 0.550 e. The lowest BCUT2D eigenvalue weighted by molar-refractivity contribution is -0.344. The summed E-state index contributed by atoms with van der Waals surface area (Å²) in [5, 5.41) is 22.6. The Balaban J connectivity index is 0.000000174. The normalized spacial score (nSPS) is 34.9. The molecule has 174 valence electrons. The molecule has 0 amide bonds. The first kappa shape index (κ1) is 22.0. The van der Waals surface area contributed by atoms with E-state index in [0.29, 0.717) is 24.7 Å². The lowest BCUT2D eigenvalue weighted by atomic mass is 9.73. The molecule has 8 atom stereocenters. The van der Waals surface area contributed by atoms with Crippen LogP contribution in [0.3, 0.4) is 0 Å². The highest BCUT2D eigenvalue weighted by Crippen LogP contribution is 2.42. The second-order valence-electron chi connectivity index (χ2n) is 9.73. The van der Waals surface area contributed by atoms with Crippen LogP contribution in [0.25, 0.3) is 10.9 Å². The van der Waals surface area contributed by atoms with Gasteiger partial charge >= 0.3 is 5.97 Å². The molecule has 2 N–H and O–H groups in total. The zero-order valence-corrected chi connectivity index (χ0v) is 18.6. The first-order chi connectivity index (χ1) is 16.0. The van der Waals surface area contributed by atoms with Crippen molar-refractivity contribution in [3.63, 3.8) is 0 Å². The minimum atomic E-state index is -1.12. The van der Waals surface area contributed by atoms with Gasteiger partial charge in [0.05, 0.1) is 17.4 Å². The fourth-order valence-electron chi connectivity index (χ4n) is 6.20. The Hall–Kier alpha value is -2.77. The average Bonchev–Trinajstić information content (AvgIpc) is 3.44. The number of piperidine rings is 3. The molecule has 33 heavy (non-hydrogen) atoms. The van der Waals surface area contributed by atoms with E-state index in [1.54, 1.807) is 0 Å². The van der Waals surface area contributed by atoms with Gasteiger partial charge in [-0.1, -0.05) is 18.2 Å². The van der Waals surface area contributed by atoms with Crippen molar-refractivity contribution in [1.29, 1.82) is 0 Å². The molecule has 1 unspecified atom stereocenters. The van der Waals surface area contributed by atoms with E-state index in [1.807, 2.05) is 24.4 Å². The number of nitrogens with one attached hydrogen (secondary N) is 1. The number of rotatable bonds is 4. The van der Waals surface area contributed by atoms with E-state index in [0.717, 1.165) is 36.0 Å². The molecule has 7 nitrogen and oxygen atoms in total. The number of pyridine rings is 1. The third kappa shape index (κ3) is 4.04. The molecular formula is C26H30N2O5. The van der Waals surface area contributed by atoms with Crippen molar-refractivity contribution in [3.8, 4) is 0 Å². The lowest BCUT2D eigenvalue weighted by Gasteiger charge is -2.50. The van der Waals surface area contributed by atoms with Crippen LogP contribution < -0.4 is 10.1 Å². The average molecular weight is 451 g/mol. The van der Waals surface area contributed by atoms with E-state index < -0.39 is 23.9 Å². The number of aliphatic hydroxyl groups excluding tert-OH is 1. The van der Waals surface area contributed by atoms with Crippen LogP contribution >= 0.6 is 0 Å². The van der Waals surface area contributed by atoms with Gasteiger partial charge in [0.25, 0.3) is 0 Å².